The van der Waals surface area contributed by atoms with E-state index in [2.05, 4.69) is 123 Å². The van der Waals surface area contributed by atoms with Crippen LogP contribution < -0.4 is 0 Å². The van der Waals surface area contributed by atoms with E-state index in [-0.39, 0.29) is 32.0 Å². The van der Waals surface area contributed by atoms with Gasteiger partial charge in [0.15, 0.2) is 6.10 Å². The molecule has 0 aliphatic heterocycles. The standard InChI is InChI=1S/C64H110NO8P/c1-6-8-10-12-14-16-18-20-21-22-23-24-25-26-27-28-29-30-31-32-33-34-35-36-37-38-39-40-41-42-43-45-47-49-51-53-55-57-64(67)73-62(61-72-74(68,69)71-59-58-65(3,4)5)60-70-63(66)56-54-52-50-48-46-44-19-17-15-13-11-9-7-2/h8,10,14,16,20-21,23-24,26-27,29-30,32-33,35-36,38-39,62H,6-7,9,11-13,15,17-19,22,25,28,31,34,37,40-61H2,1-5H3/p+1/b10-8-,16-14-,21-20-,24-23-,27-26-,30-29-,33-32-,36-35-,39-38-. The van der Waals surface area contributed by atoms with E-state index < -0.39 is 26.5 Å². The van der Waals surface area contributed by atoms with Crippen LogP contribution in [0, 0.1) is 0 Å². The molecular formula is C64H111NO8P+. The summed E-state index contributed by atoms with van der Waals surface area (Å²) in [4.78, 5) is 35.6. The first-order chi connectivity index (χ1) is 36.0. The second-order valence-electron chi connectivity index (χ2n) is 20.7. The molecule has 0 saturated heterocycles. The predicted octanol–water partition coefficient (Wildman–Crippen LogP) is 18.6. The van der Waals surface area contributed by atoms with Crippen molar-refractivity contribution in [3.63, 3.8) is 0 Å². The van der Waals surface area contributed by atoms with Crippen LogP contribution in [0.5, 0.6) is 0 Å². The monoisotopic (exact) mass is 1050 g/mol. The Kier molecular flexibility index (Phi) is 52.0. The fourth-order valence-electron chi connectivity index (χ4n) is 7.77. The highest BCUT2D eigenvalue weighted by atomic mass is 31.2. The molecule has 74 heavy (non-hydrogen) atoms. The van der Waals surface area contributed by atoms with E-state index in [9.17, 15) is 19.0 Å². The van der Waals surface area contributed by atoms with Gasteiger partial charge in [-0.3, -0.25) is 18.6 Å². The topological polar surface area (TPSA) is 108 Å². The molecule has 0 spiro atoms. The van der Waals surface area contributed by atoms with Crippen LogP contribution in [0.15, 0.2) is 109 Å². The van der Waals surface area contributed by atoms with Crippen LogP contribution in [-0.4, -0.2) is 74.9 Å². The number of carbonyl (C=O) groups is 2. The predicted molar refractivity (Wildman–Crippen MR) is 316 cm³/mol. The molecule has 0 fully saturated rings. The van der Waals surface area contributed by atoms with Gasteiger partial charge in [0, 0.05) is 12.8 Å². The molecule has 0 aromatic carbocycles. The van der Waals surface area contributed by atoms with Gasteiger partial charge < -0.3 is 18.9 Å². The number of unbranched alkanes of at least 4 members (excludes halogenated alkanes) is 21. The Morgan fingerprint density at radius 1 is 0.432 bits per heavy atom. The normalized spacial score (nSPS) is 14.1. The fourth-order valence-corrected chi connectivity index (χ4v) is 8.51. The van der Waals surface area contributed by atoms with Gasteiger partial charge in [-0.05, 0) is 83.5 Å². The number of ether oxygens (including phenoxy) is 2. The summed E-state index contributed by atoms with van der Waals surface area (Å²) in [6.07, 6.45) is 75.9. The number of rotatable bonds is 53. The molecule has 0 radical (unpaired) electrons. The second-order valence-corrected chi connectivity index (χ2v) is 22.1. The maximum absolute atomic E-state index is 12.8. The quantitative estimate of drug-likeness (QED) is 0.0211. The zero-order valence-corrected chi connectivity index (χ0v) is 48.9. The number of carbonyl (C=O) groups excluding carboxylic acids is 2. The molecule has 0 aromatic rings. The third-order valence-corrected chi connectivity index (χ3v) is 13.3. The van der Waals surface area contributed by atoms with Crippen molar-refractivity contribution in [1.82, 2.24) is 0 Å². The average Bonchev–Trinajstić information content (AvgIpc) is 3.36. The van der Waals surface area contributed by atoms with Crippen molar-refractivity contribution >= 4 is 19.8 Å². The lowest BCUT2D eigenvalue weighted by Crippen LogP contribution is -2.37. The minimum absolute atomic E-state index is 0.0270. The summed E-state index contributed by atoms with van der Waals surface area (Å²) in [6, 6.07) is 0. The van der Waals surface area contributed by atoms with Gasteiger partial charge in [0.05, 0.1) is 27.7 Å². The molecule has 0 amide bonds. The molecule has 424 valence electrons. The zero-order valence-electron chi connectivity index (χ0n) is 48.0. The highest BCUT2D eigenvalue weighted by molar-refractivity contribution is 7.47. The molecule has 0 rings (SSSR count). The molecule has 0 heterocycles. The van der Waals surface area contributed by atoms with E-state index in [4.69, 9.17) is 18.5 Å². The minimum atomic E-state index is -4.39. The fraction of sp³-hybridized carbons (Fsp3) is 0.688. The van der Waals surface area contributed by atoms with E-state index >= 15 is 0 Å². The van der Waals surface area contributed by atoms with Gasteiger partial charge in [0.2, 0.25) is 0 Å². The van der Waals surface area contributed by atoms with Crippen molar-refractivity contribution < 1.29 is 42.1 Å². The number of nitrogens with zero attached hydrogens (tertiary/aromatic N) is 1. The Morgan fingerprint density at radius 3 is 1.15 bits per heavy atom. The third kappa shape index (κ3) is 57.9. The summed E-state index contributed by atoms with van der Waals surface area (Å²) in [7, 11) is 1.47. The van der Waals surface area contributed by atoms with Crippen molar-refractivity contribution in [2.24, 2.45) is 0 Å². The summed E-state index contributed by atoms with van der Waals surface area (Å²) in [6.45, 7) is 4.31. The maximum atomic E-state index is 12.8. The Morgan fingerprint density at radius 2 is 0.770 bits per heavy atom. The molecular weight excluding hydrogens is 942 g/mol. The first kappa shape index (κ1) is 70.7. The molecule has 9 nitrogen and oxygen atoms in total. The third-order valence-electron chi connectivity index (χ3n) is 12.3. The van der Waals surface area contributed by atoms with Gasteiger partial charge in [-0.2, -0.15) is 0 Å². The summed E-state index contributed by atoms with van der Waals surface area (Å²) < 4.78 is 34.5. The van der Waals surface area contributed by atoms with E-state index in [1.54, 1.807) is 0 Å². The molecule has 0 aliphatic carbocycles. The molecule has 0 bridgehead atoms. The van der Waals surface area contributed by atoms with Crippen LogP contribution in [0.2, 0.25) is 0 Å². The van der Waals surface area contributed by atoms with E-state index in [1.807, 2.05) is 21.1 Å². The first-order valence-corrected chi connectivity index (χ1v) is 31.1. The van der Waals surface area contributed by atoms with Crippen LogP contribution >= 0.6 is 7.82 Å². The Balaban J connectivity index is 4.11. The Bertz CT molecular complexity index is 1620. The van der Waals surface area contributed by atoms with Crippen LogP contribution in [0.25, 0.3) is 0 Å². The number of hydrogen-bond acceptors (Lipinski definition) is 7. The van der Waals surface area contributed by atoms with Crippen LogP contribution in [0.3, 0.4) is 0 Å². The maximum Gasteiger partial charge on any atom is 0.472 e. The molecule has 1 N–H and O–H groups in total. The molecule has 0 saturated carbocycles. The lowest BCUT2D eigenvalue weighted by molar-refractivity contribution is -0.870. The highest BCUT2D eigenvalue weighted by Crippen LogP contribution is 2.43. The largest absolute Gasteiger partial charge is 0.472 e. The van der Waals surface area contributed by atoms with Crippen molar-refractivity contribution in [3.8, 4) is 0 Å². The number of phosphoric acid groups is 1. The smallest absolute Gasteiger partial charge is 0.462 e. The van der Waals surface area contributed by atoms with E-state index in [0.29, 0.717) is 17.4 Å². The summed E-state index contributed by atoms with van der Waals surface area (Å²) in [5, 5.41) is 0. The second kappa shape index (κ2) is 54.5. The number of quaternary nitrogens is 1. The number of likely N-dealkylation sites (N-methyl/N-ethyl adjacent to an activating group) is 1. The SMILES string of the molecule is CC/C=C\C/C=C\C/C=C\C/C=C\C/C=C\C/C=C\C/C=C\C/C=C\C/C=C\CCCCCCCCCCCC(=O)OC(COC(=O)CCCCCCCCCCCCCCC)COP(=O)(O)OCC[N+](C)(C)C. The van der Waals surface area contributed by atoms with Crippen molar-refractivity contribution in [1.29, 1.82) is 0 Å². The number of hydrogen-bond donors (Lipinski definition) is 1. The minimum Gasteiger partial charge on any atom is -0.462 e. The summed E-state index contributed by atoms with van der Waals surface area (Å²) >= 11 is 0. The van der Waals surface area contributed by atoms with Crippen molar-refractivity contribution in [2.75, 3.05) is 47.5 Å². The number of allylic oxidation sites excluding steroid dienone is 18. The lowest BCUT2D eigenvalue weighted by Gasteiger charge is -2.24. The number of esters is 2. The van der Waals surface area contributed by atoms with Gasteiger partial charge >= 0.3 is 19.8 Å². The summed E-state index contributed by atoms with van der Waals surface area (Å²) in [5.41, 5.74) is 0. The molecule has 2 atom stereocenters. The van der Waals surface area contributed by atoms with Gasteiger partial charge in [-0.25, -0.2) is 4.57 Å². The average molecular weight is 1050 g/mol. The van der Waals surface area contributed by atoms with Crippen LogP contribution in [-0.2, 0) is 32.7 Å². The Labute approximate surface area is 455 Å². The van der Waals surface area contributed by atoms with E-state index in [1.165, 1.54) is 96.3 Å². The molecule has 0 aliphatic rings. The Hall–Kier alpha value is -3.33. The molecule has 10 heteroatoms. The molecule has 0 aromatic heterocycles. The van der Waals surface area contributed by atoms with Crippen molar-refractivity contribution in [2.45, 2.75) is 238 Å². The first-order valence-electron chi connectivity index (χ1n) is 29.6. The van der Waals surface area contributed by atoms with Gasteiger partial charge in [0.25, 0.3) is 0 Å². The number of phosphoric ester groups is 1. The van der Waals surface area contributed by atoms with Gasteiger partial charge in [-0.1, -0.05) is 245 Å². The lowest BCUT2D eigenvalue weighted by atomic mass is 10.0. The zero-order chi connectivity index (χ0) is 54.2. The van der Waals surface area contributed by atoms with Gasteiger partial charge in [-0.15, -0.1) is 0 Å². The summed E-state index contributed by atoms with van der Waals surface area (Å²) in [5.74, 6) is -0.806. The van der Waals surface area contributed by atoms with E-state index in [0.717, 1.165) is 103 Å². The van der Waals surface area contributed by atoms with Crippen LogP contribution in [0.4, 0.5) is 0 Å². The van der Waals surface area contributed by atoms with Gasteiger partial charge in [0.1, 0.15) is 19.8 Å². The van der Waals surface area contributed by atoms with Crippen LogP contribution in [0.1, 0.15) is 232 Å². The molecule has 2 unspecified atom stereocenters. The van der Waals surface area contributed by atoms with Crippen molar-refractivity contribution in [3.05, 3.63) is 109 Å². The highest BCUT2D eigenvalue weighted by Gasteiger charge is 2.27.